The summed E-state index contributed by atoms with van der Waals surface area (Å²) < 4.78 is 5.61. The van der Waals surface area contributed by atoms with Gasteiger partial charge in [-0.3, -0.25) is 9.98 Å². The predicted octanol–water partition coefficient (Wildman–Crippen LogP) is 6.13. The number of hydrogen-bond donors (Lipinski definition) is 0. The molecule has 196 valence electrons. The Hall–Kier alpha value is -4.46. The fourth-order valence-electron chi connectivity index (χ4n) is 4.93. The van der Waals surface area contributed by atoms with Crippen LogP contribution in [0.25, 0.3) is 33.9 Å². The van der Waals surface area contributed by atoms with E-state index in [4.69, 9.17) is 14.7 Å². The van der Waals surface area contributed by atoms with Crippen LogP contribution in [0.1, 0.15) is 43.3 Å². The van der Waals surface area contributed by atoms with Gasteiger partial charge < -0.3 is 9.64 Å². The number of amides is 1. The molecule has 0 unspecified atom stereocenters. The van der Waals surface area contributed by atoms with Crippen molar-refractivity contribution in [2.45, 2.75) is 52.7 Å². The number of rotatable bonds is 3. The van der Waals surface area contributed by atoms with Crippen molar-refractivity contribution in [1.29, 1.82) is 0 Å². The van der Waals surface area contributed by atoms with Gasteiger partial charge in [-0.15, -0.1) is 0 Å². The second kappa shape index (κ2) is 9.69. The van der Waals surface area contributed by atoms with Crippen LogP contribution in [0.3, 0.4) is 0 Å². The van der Waals surface area contributed by atoms with Crippen LogP contribution >= 0.6 is 0 Å². The fourth-order valence-corrected chi connectivity index (χ4v) is 4.93. The molecule has 0 spiro atoms. The van der Waals surface area contributed by atoms with Crippen molar-refractivity contribution in [3.63, 3.8) is 0 Å². The number of fused-ring (bicyclic) bond motifs is 2. The number of aryl methyl sites for hydroxylation is 1. The zero-order chi connectivity index (χ0) is 27.1. The van der Waals surface area contributed by atoms with E-state index in [0.29, 0.717) is 25.3 Å². The highest BCUT2D eigenvalue weighted by molar-refractivity contribution is 5.86. The van der Waals surface area contributed by atoms with Crippen molar-refractivity contribution in [2.24, 2.45) is 4.99 Å². The van der Waals surface area contributed by atoms with E-state index < -0.39 is 5.60 Å². The summed E-state index contributed by atoms with van der Waals surface area (Å²) in [6.45, 7) is 8.79. The first kappa shape index (κ1) is 24.9. The first-order valence-corrected chi connectivity index (χ1v) is 13.2. The molecule has 0 saturated heterocycles. The number of pyridine rings is 2. The second-order valence-corrected chi connectivity index (χ2v) is 11.0. The first-order valence-electron chi connectivity index (χ1n) is 13.2. The molecule has 0 radical (unpaired) electrons. The highest BCUT2D eigenvalue weighted by Gasteiger charge is 2.26. The number of benzene rings is 1. The molecule has 3 aromatic heterocycles. The van der Waals surface area contributed by atoms with Crippen LogP contribution in [0.15, 0.2) is 59.9 Å². The number of nitrogens with zero attached hydrogens (tertiary/aromatic N) is 6. The Kier molecular flexibility index (Phi) is 6.17. The zero-order valence-electron chi connectivity index (χ0n) is 22.6. The summed E-state index contributed by atoms with van der Waals surface area (Å²) in [4.78, 5) is 37.9. The largest absolute Gasteiger partial charge is 0.444 e. The number of aliphatic imine (C=N–C) groups is 1. The molecule has 8 nitrogen and oxygen atoms in total. The monoisotopic (exact) mass is 518 g/mol. The molecule has 8 heteroatoms. The van der Waals surface area contributed by atoms with Crippen molar-refractivity contribution in [1.82, 2.24) is 24.8 Å². The molecule has 2 aliphatic rings. The summed E-state index contributed by atoms with van der Waals surface area (Å²) in [6, 6.07) is 14.4. The number of carbonyl (C=O) groups excluding carboxylic acids is 1. The van der Waals surface area contributed by atoms with Crippen molar-refractivity contribution in [3.8, 4) is 33.9 Å². The Labute approximate surface area is 227 Å². The minimum Gasteiger partial charge on any atom is -0.444 e. The van der Waals surface area contributed by atoms with Gasteiger partial charge in [-0.1, -0.05) is 18.2 Å². The third-order valence-corrected chi connectivity index (χ3v) is 6.79. The van der Waals surface area contributed by atoms with Gasteiger partial charge in [0.05, 0.1) is 5.69 Å². The quantitative estimate of drug-likeness (QED) is 0.324. The summed E-state index contributed by atoms with van der Waals surface area (Å²) >= 11 is 0. The van der Waals surface area contributed by atoms with E-state index in [2.05, 4.69) is 39.2 Å². The van der Waals surface area contributed by atoms with Crippen LogP contribution in [-0.2, 0) is 24.1 Å². The summed E-state index contributed by atoms with van der Waals surface area (Å²) in [5.74, 6) is 0.583. The lowest BCUT2D eigenvalue weighted by Gasteiger charge is -2.31. The average Bonchev–Trinajstić information content (AvgIpc) is 3.40. The smallest absolute Gasteiger partial charge is 0.410 e. The maximum absolute atomic E-state index is 12.7. The summed E-state index contributed by atoms with van der Waals surface area (Å²) in [7, 11) is 0. The van der Waals surface area contributed by atoms with E-state index in [1.54, 1.807) is 4.90 Å². The SMILES string of the molecule is Cc1cccc(-c2nc3c(c(-c4cncc(-c5ccc6c(c5)CN(C(=O)OC(C)(C)C)CC6)c4)n2)N=CC3)n1. The van der Waals surface area contributed by atoms with E-state index in [0.717, 1.165) is 57.1 Å². The fraction of sp³-hybridized carbons (Fsp3) is 0.290. The maximum Gasteiger partial charge on any atom is 0.410 e. The summed E-state index contributed by atoms with van der Waals surface area (Å²) in [5, 5.41) is 0. The van der Waals surface area contributed by atoms with Crippen molar-refractivity contribution >= 4 is 18.0 Å². The Balaban J connectivity index is 1.34. The van der Waals surface area contributed by atoms with Gasteiger partial charge in [0.2, 0.25) is 0 Å². The normalized spacial score (nSPS) is 14.2. The molecule has 0 bridgehead atoms. The minimum atomic E-state index is -0.522. The van der Waals surface area contributed by atoms with Gasteiger partial charge in [-0.2, -0.15) is 0 Å². The van der Waals surface area contributed by atoms with Crippen molar-refractivity contribution < 1.29 is 9.53 Å². The molecule has 0 aliphatic carbocycles. The van der Waals surface area contributed by atoms with E-state index in [9.17, 15) is 4.79 Å². The molecule has 4 aromatic rings. The standard InChI is InChI=1S/C31H30N6O2/c1-19-6-5-7-26(34-19)29-35-25-10-12-33-28(25)27(36-29)23-15-22(16-32-17-23)21-9-8-20-11-13-37(18-24(20)14-21)30(38)39-31(2,3)4/h5-9,12,14-17H,10-11,13,18H2,1-4H3. The Morgan fingerprint density at radius 2 is 1.79 bits per heavy atom. The number of hydrogen-bond acceptors (Lipinski definition) is 7. The lowest BCUT2D eigenvalue weighted by atomic mass is 9.94. The predicted molar refractivity (Wildman–Crippen MR) is 151 cm³/mol. The maximum atomic E-state index is 12.7. The van der Waals surface area contributed by atoms with E-state index in [-0.39, 0.29) is 6.09 Å². The Morgan fingerprint density at radius 3 is 2.62 bits per heavy atom. The lowest BCUT2D eigenvalue weighted by molar-refractivity contribution is 0.0224. The molecule has 5 heterocycles. The second-order valence-electron chi connectivity index (χ2n) is 11.0. The molecular formula is C31H30N6O2. The highest BCUT2D eigenvalue weighted by atomic mass is 16.6. The molecule has 0 saturated carbocycles. The van der Waals surface area contributed by atoms with E-state index >= 15 is 0 Å². The number of aromatic nitrogens is 4. The molecule has 0 fully saturated rings. The Bertz CT molecular complexity index is 1620. The molecule has 2 aliphatic heterocycles. The van der Waals surface area contributed by atoms with Crippen LogP contribution < -0.4 is 0 Å². The third kappa shape index (κ3) is 5.14. The molecular weight excluding hydrogens is 488 g/mol. The number of carbonyl (C=O) groups is 1. The van der Waals surface area contributed by atoms with Gasteiger partial charge in [0.1, 0.15) is 22.7 Å². The van der Waals surface area contributed by atoms with Crippen LogP contribution in [0.2, 0.25) is 0 Å². The molecule has 0 atom stereocenters. The Morgan fingerprint density at radius 1 is 0.949 bits per heavy atom. The summed E-state index contributed by atoms with van der Waals surface area (Å²) in [5.41, 5.74) is 8.78. The summed E-state index contributed by atoms with van der Waals surface area (Å²) in [6.07, 6.45) is 6.72. The van der Waals surface area contributed by atoms with Gasteiger partial charge in [-0.25, -0.2) is 19.7 Å². The molecule has 6 rings (SSSR count). The first-order chi connectivity index (χ1) is 18.7. The van der Waals surface area contributed by atoms with Gasteiger partial charge >= 0.3 is 6.09 Å². The number of ether oxygens (including phenoxy) is 1. The molecule has 1 amide bonds. The van der Waals surface area contributed by atoms with Crippen LogP contribution in [0.5, 0.6) is 0 Å². The van der Waals surface area contributed by atoms with Gasteiger partial charge in [-0.05, 0) is 75.1 Å². The minimum absolute atomic E-state index is 0.278. The van der Waals surface area contributed by atoms with Crippen LogP contribution in [0.4, 0.5) is 10.5 Å². The average molecular weight is 519 g/mol. The highest BCUT2D eigenvalue weighted by Crippen LogP contribution is 2.37. The zero-order valence-corrected chi connectivity index (χ0v) is 22.6. The van der Waals surface area contributed by atoms with Gasteiger partial charge in [0.25, 0.3) is 0 Å². The van der Waals surface area contributed by atoms with Gasteiger partial charge in [0.15, 0.2) is 5.82 Å². The third-order valence-electron chi connectivity index (χ3n) is 6.79. The lowest BCUT2D eigenvalue weighted by Crippen LogP contribution is -2.39. The molecule has 0 N–H and O–H groups in total. The molecule has 39 heavy (non-hydrogen) atoms. The molecule has 1 aromatic carbocycles. The van der Waals surface area contributed by atoms with Crippen LogP contribution in [-0.4, -0.2) is 49.3 Å². The van der Waals surface area contributed by atoms with Crippen molar-refractivity contribution in [3.05, 3.63) is 77.4 Å². The van der Waals surface area contributed by atoms with E-state index in [1.807, 2.05) is 64.5 Å². The van der Waals surface area contributed by atoms with Crippen LogP contribution in [0, 0.1) is 6.92 Å². The van der Waals surface area contributed by atoms with E-state index in [1.165, 1.54) is 5.56 Å². The van der Waals surface area contributed by atoms with Gasteiger partial charge in [0, 0.05) is 54.9 Å². The topological polar surface area (TPSA) is 93.5 Å². The van der Waals surface area contributed by atoms with Crippen molar-refractivity contribution in [2.75, 3.05) is 6.54 Å².